The molecular weight excluding hydrogens is 590 g/mol. The average molecular weight is 626 g/mol. The highest BCUT2D eigenvalue weighted by Crippen LogP contribution is 2.22. The Morgan fingerprint density at radius 1 is 1.11 bits per heavy atom. The van der Waals surface area contributed by atoms with Crippen molar-refractivity contribution in [2.45, 2.75) is 51.2 Å². The van der Waals surface area contributed by atoms with Crippen molar-refractivity contribution >= 4 is 38.8 Å². The first-order chi connectivity index (χ1) is 20.8. The second kappa shape index (κ2) is 13.3. The van der Waals surface area contributed by atoms with Crippen LogP contribution in [0.3, 0.4) is 0 Å². The van der Waals surface area contributed by atoms with Gasteiger partial charge in [-0.2, -0.15) is 9.45 Å². The number of nitrogens with zero attached hydrogens (tertiary/aromatic N) is 3. The number of carbonyl (C=O) groups is 2. The minimum absolute atomic E-state index is 0.0332. The second-order valence-electron chi connectivity index (χ2n) is 10.5. The molecule has 0 aliphatic rings. The van der Waals surface area contributed by atoms with Gasteiger partial charge in [-0.3, -0.25) is 14.4 Å². The molecule has 2 aromatic heterocycles. The number of sulfonamides is 1. The zero-order chi connectivity index (χ0) is 32.2. The van der Waals surface area contributed by atoms with E-state index in [-0.39, 0.29) is 28.3 Å². The minimum atomic E-state index is -4.26. The summed E-state index contributed by atoms with van der Waals surface area (Å²) in [5.41, 5.74) is 7.99. The summed E-state index contributed by atoms with van der Waals surface area (Å²) in [5, 5.41) is 25.1. The highest BCUT2D eigenvalue weighted by molar-refractivity contribution is 7.89. The highest BCUT2D eigenvalue weighted by Gasteiger charge is 2.29. The molecule has 0 saturated heterocycles. The predicted octanol–water partition coefficient (Wildman–Crippen LogP) is 1.48. The van der Waals surface area contributed by atoms with Crippen molar-refractivity contribution in [3.63, 3.8) is 0 Å². The van der Waals surface area contributed by atoms with E-state index in [4.69, 9.17) is 5.73 Å². The molecule has 0 fully saturated rings. The number of anilines is 1. The Labute approximate surface area is 253 Å². The van der Waals surface area contributed by atoms with Crippen LogP contribution in [0, 0.1) is 20.8 Å². The molecule has 0 saturated carbocycles. The van der Waals surface area contributed by atoms with E-state index in [1.807, 2.05) is 6.92 Å². The lowest BCUT2D eigenvalue weighted by Gasteiger charge is -2.19. The van der Waals surface area contributed by atoms with Crippen molar-refractivity contribution in [3.05, 3.63) is 87.0 Å². The summed E-state index contributed by atoms with van der Waals surface area (Å²) in [4.78, 5) is 42.6. The van der Waals surface area contributed by atoms with E-state index < -0.39 is 39.9 Å². The number of carbonyl (C=O) groups excluding carboxylic acids is 1. The molecule has 0 radical (unpaired) electrons. The number of aryl methyl sites for hydroxylation is 4. The second-order valence-corrected chi connectivity index (χ2v) is 12.1. The van der Waals surface area contributed by atoms with Gasteiger partial charge in [0, 0.05) is 31.2 Å². The number of imidazole rings is 1. The number of aromatic nitrogens is 3. The molecule has 4 rings (SSSR count). The molecule has 14 nitrogen and oxygen atoms in total. The van der Waals surface area contributed by atoms with Gasteiger partial charge in [0.15, 0.2) is 0 Å². The summed E-state index contributed by atoms with van der Waals surface area (Å²) in [5.74, 6) is -2.12. The van der Waals surface area contributed by atoms with Gasteiger partial charge >= 0.3 is 5.97 Å². The highest BCUT2D eigenvalue weighted by atomic mass is 32.2. The number of nitrogens with one attached hydrogen (secondary N) is 3. The summed E-state index contributed by atoms with van der Waals surface area (Å²) in [6.07, 6.45) is 4.73. The zero-order valence-corrected chi connectivity index (χ0v) is 25.3. The summed E-state index contributed by atoms with van der Waals surface area (Å²) < 4.78 is 31.0. The first-order valence-corrected chi connectivity index (χ1v) is 15.2. The van der Waals surface area contributed by atoms with Crippen molar-refractivity contribution in [1.82, 2.24) is 24.3 Å². The molecule has 15 heteroatoms. The van der Waals surface area contributed by atoms with Gasteiger partial charge < -0.3 is 31.2 Å². The van der Waals surface area contributed by atoms with E-state index >= 15 is 0 Å². The molecule has 0 spiro atoms. The Balaban J connectivity index is 1.58. The van der Waals surface area contributed by atoms with E-state index in [2.05, 4.69) is 20.3 Å². The summed E-state index contributed by atoms with van der Waals surface area (Å²) in [6, 6.07) is 6.71. The van der Waals surface area contributed by atoms with Gasteiger partial charge in [0.1, 0.15) is 11.6 Å². The van der Waals surface area contributed by atoms with Gasteiger partial charge in [0.05, 0.1) is 22.8 Å². The molecule has 2 aromatic carbocycles. The van der Waals surface area contributed by atoms with Gasteiger partial charge in [0.25, 0.3) is 5.91 Å². The third-order valence-electron chi connectivity index (χ3n) is 7.00. The Hall–Kier alpha value is -4.73. The van der Waals surface area contributed by atoms with Crippen molar-refractivity contribution in [1.29, 1.82) is 0 Å². The molecule has 7 N–H and O–H groups in total. The molecule has 1 amide bonds. The van der Waals surface area contributed by atoms with Crippen molar-refractivity contribution in [2.24, 2.45) is 5.73 Å². The van der Waals surface area contributed by atoms with Crippen LogP contribution in [0.5, 0.6) is 0 Å². The van der Waals surface area contributed by atoms with E-state index in [1.165, 1.54) is 18.6 Å². The molecule has 2 heterocycles. The van der Waals surface area contributed by atoms with Crippen LogP contribution >= 0.6 is 0 Å². The molecule has 0 aliphatic carbocycles. The quantitative estimate of drug-likeness (QED) is 0.118. The van der Waals surface area contributed by atoms with Crippen LogP contribution in [0.1, 0.15) is 39.0 Å². The first kappa shape index (κ1) is 32.2. The van der Waals surface area contributed by atoms with E-state index in [0.717, 1.165) is 15.9 Å². The number of pyridine rings is 1. The first-order valence-electron chi connectivity index (χ1n) is 13.8. The number of aliphatic carboxylic acids is 1. The Kier molecular flexibility index (Phi) is 9.71. The lowest BCUT2D eigenvalue weighted by atomic mass is 10.1. The summed E-state index contributed by atoms with van der Waals surface area (Å²) >= 11 is 0. The minimum Gasteiger partial charge on any atom is -0.480 e. The van der Waals surface area contributed by atoms with Gasteiger partial charge in [-0.25, -0.2) is 13.4 Å². The average Bonchev–Trinajstić information content (AvgIpc) is 3.37. The molecule has 0 bridgehead atoms. The topological polar surface area (TPSA) is 211 Å². The van der Waals surface area contributed by atoms with E-state index in [1.54, 1.807) is 48.7 Å². The Morgan fingerprint density at radius 3 is 2.43 bits per heavy atom. The third kappa shape index (κ3) is 7.07. The van der Waals surface area contributed by atoms with Crippen molar-refractivity contribution < 1.29 is 28.3 Å². The maximum atomic E-state index is 13.4. The fourth-order valence-corrected chi connectivity index (χ4v) is 6.71. The standard InChI is InChI=1S/C29H35N7O7S/c1-17-11-18(2)26(19(3)12-17)44(42,43)34-23(28(39)40)15-32-27(38)22-16-35(9-4-7-30)24-13-20(5-6-21(24)25(22)37)14-33-29-31-8-10-36(29)41/h5-6,8,10-13,16,23,34,41H,4,7,9,14-15,30H2,1-3H3,(H,31,33)(H,32,38)(H,39,40)/t23-/m0/s1. The maximum absolute atomic E-state index is 13.4. The summed E-state index contributed by atoms with van der Waals surface area (Å²) in [7, 11) is -4.26. The molecule has 0 aliphatic heterocycles. The lowest BCUT2D eigenvalue weighted by Crippen LogP contribution is -2.49. The Bertz CT molecular complexity index is 1860. The van der Waals surface area contributed by atoms with Crippen LogP contribution in [-0.4, -0.2) is 64.0 Å². The van der Waals surface area contributed by atoms with Gasteiger partial charge in [-0.1, -0.05) is 23.8 Å². The van der Waals surface area contributed by atoms with E-state index in [0.29, 0.717) is 36.2 Å². The summed E-state index contributed by atoms with van der Waals surface area (Å²) in [6.45, 7) is 5.48. The SMILES string of the molecule is Cc1cc(C)c(S(=O)(=O)N[C@@H](CNC(=O)c2cn(CCCN)c3cc(CNc4nccn4O)ccc3c2=O)C(=O)O)c(C)c1. The number of hydrogen-bond acceptors (Lipinski definition) is 9. The number of rotatable bonds is 13. The monoisotopic (exact) mass is 625 g/mol. The van der Waals surface area contributed by atoms with Gasteiger partial charge in [-0.15, -0.1) is 0 Å². The predicted molar refractivity (Wildman–Crippen MR) is 163 cm³/mol. The van der Waals surface area contributed by atoms with E-state index in [9.17, 15) is 33.1 Å². The number of hydrogen-bond donors (Lipinski definition) is 6. The molecule has 44 heavy (non-hydrogen) atoms. The number of carboxylic acid groups (broad SMARTS) is 1. The number of carboxylic acids is 1. The maximum Gasteiger partial charge on any atom is 0.323 e. The van der Waals surface area contributed by atoms with Gasteiger partial charge in [0.2, 0.25) is 21.4 Å². The third-order valence-corrected chi connectivity index (χ3v) is 8.78. The zero-order valence-electron chi connectivity index (χ0n) is 24.5. The van der Waals surface area contributed by atoms with Crippen LogP contribution in [0.15, 0.2) is 58.6 Å². The van der Waals surface area contributed by atoms with Crippen LogP contribution in [0.25, 0.3) is 10.9 Å². The molecule has 1 atom stereocenters. The van der Waals surface area contributed by atoms with Crippen LogP contribution < -0.4 is 26.5 Å². The molecule has 4 aromatic rings. The lowest BCUT2D eigenvalue weighted by molar-refractivity contribution is -0.138. The van der Waals surface area contributed by atoms with Crippen molar-refractivity contribution in [3.8, 4) is 0 Å². The molecule has 0 unspecified atom stereocenters. The molecular formula is C29H35N7O7S. The normalized spacial score (nSPS) is 12.3. The number of nitrogens with two attached hydrogens (primary N) is 1. The van der Waals surface area contributed by atoms with Crippen LogP contribution in [-0.2, 0) is 27.9 Å². The number of fused-ring (bicyclic) bond motifs is 1. The number of benzene rings is 2. The molecule has 234 valence electrons. The smallest absolute Gasteiger partial charge is 0.323 e. The van der Waals surface area contributed by atoms with Gasteiger partial charge in [-0.05, 0) is 62.6 Å². The van der Waals surface area contributed by atoms with Crippen LogP contribution in [0.4, 0.5) is 5.95 Å². The fraction of sp³-hybridized carbons (Fsp3) is 0.310. The number of amides is 1. The fourth-order valence-electron chi connectivity index (χ4n) is 5.07. The largest absolute Gasteiger partial charge is 0.480 e. The van der Waals surface area contributed by atoms with Crippen LogP contribution in [0.2, 0.25) is 0 Å². The Morgan fingerprint density at radius 2 is 1.82 bits per heavy atom. The van der Waals surface area contributed by atoms with Crippen molar-refractivity contribution in [2.75, 3.05) is 18.4 Å².